The van der Waals surface area contributed by atoms with Crippen LogP contribution in [0.15, 0.2) is 0 Å². The zero-order valence-electron chi connectivity index (χ0n) is 30.9. The van der Waals surface area contributed by atoms with E-state index in [0.29, 0.717) is 12.8 Å². The van der Waals surface area contributed by atoms with Crippen molar-refractivity contribution in [1.29, 1.82) is 0 Å². The molecule has 0 aliphatic carbocycles. The summed E-state index contributed by atoms with van der Waals surface area (Å²) in [5, 5.41) is 22.8. The molecule has 0 heterocycles. The molecular formula is C36H68N2Na2O6. The molecule has 0 aliphatic rings. The Morgan fingerprint density at radius 1 is 0.478 bits per heavy atom. The minimum absolute atomic E-state index is 0. The molecule has 0 aromatic rings. The van der Waals surface area contributed by atoms with Gasteiger partial charge in [-0.05, 0) is 12.8 Å². The van der Waals surface area contributed by atoms with Gasteiger partial charge in [-0.3, -0.25) is 9.59 Å². The number of hydrogen-bond acceptors (Lipinski definition) is 6. The van der Waals surface area contributed by atoms with Crippen molar-refractivity contribution < 1.29 is 88.5 Å². The first kappa shape index (κ1) is 52.7. The van der Waals surface area contributed by atoms with Crippen LogP contribution in [-0.4, -0.2) is 48.8 Å². The van der Waals surface area contributed by atoms with Crippen LogP contribution in [0, 0.1) is 0 Å². The molecule has 0 aliphatic heterocycles. The van der Waals surface area contributed by atoms with Gasteiger partial charge in [-0.25, -0.2) is 0 Å². The van der Waals surface area contributed by atoms with Gasteiger partial charge < -0.3 is 30.0 Å². The maximum atomic E-state index is 11.7. The van der Waals surface area contributed by atoms with Gasteiger partial charge in [0.2, 0.25) is 11.8 Å². The van der Waals surface area contributed by atoms with Gasteiger partial charge >= 0.3 is 59.1 Å². The van der Waals surface area contributed by atoms with E-state index >= 15 is 0 Å². The second kappa shape index (κ2) is 42.9. The van der Waals surface area contributed by atoms with E-state index < -0.39 is 11.9 Å². The van der Waals surface area contributed by atoms with Crippen molar-refractivity contribution in [2.45, 2.75) is 187 Å². The molecule has 0 fully saturated rings. The third kappa shape index (κ3) is 46.0. The number of carbonyl (C=O) groups excluding carboxylic acids is 4. The normalized spacial score (nSPS) is 10.2. The first-order chi connectivity index (χ1) is 21.2. The summed E-state index contributed by atoms with van der Waals surface area (Å²) in [7, 11) is 1.66. The van der Waals surface area contributed by atoms with Gasteiger partial charge in [-0.15, -0.1) is 0 Å². The van der Waals surface area contributed by atoms with Gasteiger partial charge in [-0.1, -0.05) is 155 Å². The smallest absolute Gasteiger partial charge is 0.550 e. The van der Waals surface area contributed by atoms with Gasteiger partial charge in [0.1, 0.15) is 0 Å². The van der Waals surface area contributed by atoms with Crippen LogP contribution in [0.4, 0.5) is 0 Å². The molecule has 0 atom stereocenters. The van der Waals surface area contributed by atoms with E-state index in [1.807, 2.05) is 0 Å². The summed E-state index contributed by atoms with van der Waals surface area (Å²) < 4.78 is 0. The molecular weight excluding hydrogens is 602 g/mol. The topological polar surface area (TPSA) is 130 Å². The predicted molar refractivity (Wildman–Crippen MR) is 177 cm³/mol. The molecule has 8 nitrogen and oxygen atoms in total. The van der Waals surface area contributed by atoms with Crippen molar-refractivity contribution in [3.63, 3.8) is 0 Å². The number of aliphatic carboxylic acids is 2. The van der Waals surface area contributed by atoms with E-state index in [2.05, 4.69) is 19.2 Å². The Morgan fingerprint density at radius 3 is 1.13 bits per heavy atom. The summed E-state index contributed by atoms with van der Waals surface area (Å²) in [5.74, 6) is -2.49. The molecule has 0 radical (unpaired) electrons. The molecule has 0 aromatic carbocycles. The van der Waals surface area contributed by atoms with E-state index in [-0.39, 0.29) is 90.4 Å². The van der Waals surface area contributed by atoms with E-state index in [4.69, 9.17) is 0 Å². The number of hydrogen-bond donors (Lipinski definition) is 1. The monoisotopic (exact) mass is 670 g/mol. The Morgan fingerprint density at radius 2 is 0.804 bits per heavy atom. The Balaban J connectivity index is -0.000000367. The first-order valence-corrected chi connectivity index (χ1v) is 18.1. The van der Waals surface area contributed by atoms with Gasteiger partial charge in [0.25, 0.3) is 0 Å². The van der Waals surface area contributed by atoms with E-state index in [1.54, 1.807) is 7.05 Å². The minimum Gasteiger partial charge on any atom is -0.550 e. The maximum absolute atomic E-state index is 11.7. The van der Waals surface area contributed by atoms with Crippen LogP contribution in [-0.2, 0) is 19.2 Å². The predicted octanol–water partition coefficient (Wildman–Crippen LogP) is 0.628. The summed E-state index contributed by atoms with van der Waals surface area (Å²) in [4.78, 5) is 45.0. The van der Waals surface area contributed by atoms with Crippen LogP contribution in [0.1, 0.15) is 187 Å². The fourth-order valence-electron chi connectivity index (χ4n) is 5.08. The average molecular weight is 671 g/mol. The van der Waals surface area contributed by atoms with Crippen molar-refractivity contribution in [2.24, 2.45) is 0 Å². The Labute approximate surface area is 327 Å². The van der Waals surface area contributed by atoms with Crippen molar-refractivity contribution in [1.82, 2.24) is 10.2 Å². The fraction of sp³-hybridized carbons (Fsp3) is 0.889. The molecule has 0 rings (SSSR count). The molecule has 0 aromatic heterocycles. The molecule has 0 saturated carbocycles. The zero-order valence-corrected chi connectivity index (χ0v) is 34.9. The third-order valence-electron chi connectivity index (χ3n) is 8.01. The molecule has 2 amide bonds. The standard InChI is InChI=1S/2C18H35NO3.2Na/c1-3-4-5-6-7-8-9-10-11-12-13-14-17(20)19(2)16-15-18(21)22;1-2-3-4-5-6-7-8-9-10-11-12-13-14-15-17(20)19-16-18(21)22;;/h3-16H2,1-2H3,(H,21,22);2-16H2,1H3,(H,19,20)(H,21,22);;/q;;2*+1/p-2. The number of carboxylic acid groups (broad SMARTS) is 2. The van der Waals surface area contributed by atoms with E-state index in [1.165, 1.54) is 133 Å². The SMILES string of the molecule is CCCCCCCCCCCCCC(=O)N(C)CCC(=O)[O-].CCCCCCCCCCCCCCCC(=O)NCC(=O)[O-].[Na+].[Na+]. The maximum Gasteiger partial charge on any atom is 1.00 e. The first-order valence-electron chi connectivity index (χ1n) is 18.1. The van der Waals surface area contributed by atoms with Crippen LogP contribution in [0.5, 0.6) is 0 Å². The number of unbranched alkanes of at least 4 members (excludes halogenated alkanes) is 22. The Hall–Kier alpha value is -0.120. The van der Waals surface area contributed by atoms with Crippen LogP contribution in [0.25, 0.3) is 0 Å². The number of nitrogens with zero attached hydrogens (tertiary/aromatic N) is 1. The number of nitrogens with one attached hydrogen (secondary N) is 1. The van der Waals surface area contributed by atoms with Gasteiger partial charge in [0, 0.05) is 38.8 Å². The van der Waals surface area contributed by atoms with Crippen molar-refractivity contribution >= 4 is 23.8 Å². The fourth-order valence-corrected chi connectivity index (χ4v) is 5.08. The summed E-state index contributed by atoms with van der Waals surface area (Å²) in [6.07, 6.45) is 31.3. The van der Waals surface area contributed by atoms with E-state index in [0.717, 1.165) is 25.7 Å². The van der Waals surface area contributed by atoms with Crippen molar-refractivity contribution in [3.8, 4) is 0 Å². The molecule has 0 spiro atoms. The molecule has 1 N–H and O–H groups in total. The van der Waals surface area contributed by atoms with Crippen molar-refractivity contribution in [3.05, 3.63) is 0 Å². The second-order valence-electron chi connectivity index (χ2n) is 12.4. The van der Waals surface area contributed by atoms with Crippen LogP contribution in [0.2, 0.25) is 0 Å². The third-order valence-corrected chi connectivity index (χ3v) is 8.01. The summed E-state index contributed by atoms with van der Waals surface area (Å²) in [6, 6.07) is 0. The number of amides is 2. The van der Waals surface area contributed by atoms with Crippen LogP contribution < -0.4 is 74.6 Å². The number of rotatable bonds is 31. The zero-order chi connectivity index (χ0) is 33.1. The second-order valence-corrected chi connectivity index (χ2v) is 12.4. The minimum atomic E-state index is -1.24. The molecule has 46 heavy (non-hydrogen) atoms. The summed E-state index contributed by atoms with van der Waals surface area (Å²) in [6.45, 7) is 4.36. The van der Waals surface area contributed by atoms with Gasteiger partial charge in [0.15, 0.2) is 0 Å². The molecule has 260 valence electrons. The molecule has 10 heteroatoms. The van der Waals surface area contributed by atoms with Gasteiger partial charge in [-0.2, -0.15) is 0 Å². The molecule has 0 saturated heterocycles. The van der Waals surface area contributed by atoms with Crippen LogP contribution >= 0.6 is 0 Å². The molecule has 0 unspecified atom stereocenters. The van der Waals surface area contributed by atoms with Crippen molar-refractivity contribution in [2.75, 3.05) is 20.1 Å². The Bertz CT molecular complexity index is 697. The van der Waals surface area contributed by atoms with Gasteiger partial charge in [0.05, 0.1) is 12.5 Å². The average Bonchev–Trinajstić information content (AvgIpc) is 3.00. The number of carboxylic acids is 2. The van der Waals surface area contributed by atoms with E-state index in [9.17, 15) is 29.4 Å². The quantitative estimate of drug-likeness (QED) is 0.0852. The molecule has 0 bridgehead atoms. The largest absolute Gasteiger partial charge is 1.00 e. The summed E-state index contributed by atoms with van der Waals surface area (Å²) in [5.41, 5.74) is 0. The Kier molecular flexibility index (Phi) is 49.1. The van der Waals surface area contributed by atoms with Crippen LogP contribution in [0.3, 0.4) is 0 Å². The summed E-state index contributed by atoms with van der Waals surface area (Å²) >= 11 is 0. The number of carbonyl (C=O) groups is 4.